The first-order chi connectivity index (χ1) is 16.7. The average molecular weight is 516 g/mol. The molecular weight excluding hydrogens is 490 g/mol. The maximum absolute atomic E-state index is 13.9. The number of carbonyl (C=O) groups excluding carboxylic acids is 1. The van der Waals surface area contributed by atoms with E-state index >= 15 is 0 Å². The molecule has 2 aromatic heterocycles. The fourth-order valence-electron chi connectivity index (χ4n) is 4.13. The molecule has 34 heavy (non-hydrogen) atoms. The molecule has 5 rings (SSSR count). The van der Waals surface area contributed by atoms with Crippen molar-refractivity contribution >= 4 is 65.6 Å². The van der Waals surface area contributed by atoms with Gasteiger partial charge in [0.1, 0.15) is 16.1 Å². The minimum Gasteiger partial charge on any atom is -0.492 e. The van der Waals surface area contributed by atoms with Gasteiger partial charge in [-0.05, 0) is 31.5 Å². The van der Waals surface area contributed by atoms with Gasteiger partial charge in [0.15, 0.2) is 5.13 Å². The second-order valence-corrected chi connectivity index (χ2v) is 10.5. The molecule has 0 atom stereocenters. The van der Waals surface area contributed by atoms with E-state index in [0.717, 1.165) is 65.3 Å². The highest BCUT2D eigenvalue weighted by atomic mass is 35.5. The summed E-state index contributed by atoms with van der Waals surface area (Å²) in [5.74, 6) is 0.633. The zero-order chi connectivity index (χ0) is 23.5. The van der Waals surface area contributed by atoms with Crippen molar-refractivity contribution in [3.05, 3.63) is 52.4 Å². The number of nitrogens with zero attached hydrogens (tertiary/aromatic N) is 3. The lowest BCUT2D eigenvalue weighted by molar-refractivity contribution is 0.0376. The molecule has 6 nitrogen and oxygen atoms in total. The SMILES string of the molecule is CCOc1cccc2sc(N(CCCN3CCOCC3)C(=O)c3sc4ccccc4c3Cl)nc12. The van der Waals surface area contributed by atoms with Gasteiger partial charge in [0.05, 0.1) is 29.5 Å². The summed E-state index contributed by atoms with van der Waals surface area (Å²) in [6, 6.07) is 13.8. The normalized spacial score (nSPS) is 14.6. The molecule has 1 saturated heterocycles. The zero-order valence-corrected chi connectivity index (χ0v) is 21.3. The number of halogens is 1. The topological polar surface area (TPSA) is 54.9 Å². The maximum atomic E-state index is 13.9. The van der Waals surface area contributed by atoms with Gasteiger partial charge in [-0.1, -0.05) is 47.2 Å². The molecule has 1 fully saturated rings. The van der Waals surface area contributed by atoms with Gasteiger partial charge in [-0.25, -0.2) is 4.98 Å². The summed E-state index contributed by atoms with van der Waals surface area (Å²) in [7, 11) is 0. The summed E-state index contributed by atoms with van der Waals surface area (Å²) in [6.45, 7) is 7.36. The fraction of sp³-hybridized carbons (Fsp3) is 0.360. The lowest BCUT2D eigenvalue weighted by Crippen LogP contribution is -2.39. The fourth-order valence-corrected chi connectivity index (χ4v) is 6.60. The first kappa shape index (κ1) is 23.5. The predicted molar refractivity (Wildman–Crippen MR) is 141 cm³/mol. The van der Waals surface area contributed by atoms with Crippen LogP contribution in [0.5, 0.6) is 5.75 Å². The maximum Gasteiger partial charge on any atom is 0.271 e. The number of rotatable bonds is 8. The summed E-state index contributed by atoms with van der Waals surface area (Å²) >= 11 is 9.63. The predicted octanol–water partition coefficient (Wildman–Crippen LogP) is 5.93. The third-order valence-electron chi connectivity index (χ3n) is 5.84. The van der Waals surface area contributed by atoms with Crippen LogP contribution in [0, 0.1) is 0 Å². The number of carbonyl (C=O) groups is 1. The minimum atomic E-state index is -0.106. The van der Waals surface area contributed by atoms with Gasteiger partial charge in [0.2, 0.25) is 0 Å². The third kappa shape index (κ3) is 4.78. The molecule has 0 spiro atoms. The molecule has 178 valence electrons. The van der Waals surface area contributed by atoms with Crippen molar-refractivity contribution in [2.45, 2.75) is 13.3 Å². The number of aromatic nitrogens is 1. The monoisotopic (exact) mass is 515 g/mol. The van der Waals surface area contributed by atoms with Crippen molar-refractivity contribution in [1.29, 1.82) is 0 Å². The summed E-state index contributed by atoms with van der Waals surface area (Å²) in [5.41, 5.74) is 0.790. The van der Waals surface area contributed by atoms with Crippen molar-refractivity contribution in [2.24, 2.45) is 0 Å². The number of fused-ring (bicyclic) bond motifs is 2. The molecule has 0 N–H and O–H groups in total. The molecule has 3 heterocycles. The van der Waals surface area contributed by atoms with Gasteiger partial charge in [0, 0.05) is 36.3 Å². The van der Waals surface area contributed by atoms with Crippen molar-refractivity contribution in [2.75, 3.05) is 50.9 Å². The van der Waals surface area contributed by atoms with Gasteiger partial charge < -0.3 is 9.47 Å². The highest BCUT2D eigenvalue weighted by Crippen LogP contribution is 2.39. The molecule has 9 heteroatoms. The molecule has 1 aliphatic heterocycles. The van der Waals surface area contributed by atoms with Crippen LogP contribution >= 0.6 is 34.3 Å². The van der Waals surface area contributed by atoms with E-state index in [0.29, 0.717) is 28.2 Å². The Labute approximate surface area is 211 Å². The lowest BCUT2D eigenvalue weighted by Gasteiger charge is -2.27. The van der Waals surface area contributed by atoms with Crippen LogP contribution in [0.1, 0.15) is 23.0 Å². The standard InChI is InChI=1S/C25H26ClN3O3S2/c1-2-32-18-8-5-10-20-22(18)27-25(34-20)29(12-6-11-28-13-15-31-16-14-28)24(30)23-21(26)17-7-3-4-9-19(17)33-23/h3-5,7-10H,2,6,11-16H2,1H3. The average Bonchev–Trinajstić information content (AvgIpc) is 3.44. The van der Waals surface area contributed by atoms with Crippen LogP contribution in [0.15, 0.2) is 42.5 Å². The van der Waals surface area contributed by atoms with E-state index in [-0.39, 0.29) is 5.91 Å². The van der Waals surface area contributed by atoms with Crippen LogP contribution in [0.3, 0.4) is 0 Å². The molecule has 2 aromatic carbocycles. The van der Waals surface area contributed by atoms with Crippen LogP contribution in [-0.2, 0) is 4.74 Å². The number of thiophene rings is 1. The number of ether oxygens (including phenoxy) is 2. The number of thiazole rings is 1. The lowest BCUT2D eigenvalue weighted by atomic mass is 10.2. The molecule has 4 aromatic rings. The Bertz CT molecular complexity index is 1300. The van der Waals surface area contributed by atoms with E-state index in [2.05, 4.69) is 4.90 Å². The van der Waals surface area contributed by atoms with Gasteiger partial charge in [-0.3, -0.25) is 14.6 Å². The number of morpholine rings is 1. The van der Waals surface area contributed by atoms with Crippen LogP contribution in [0.2, 0.25) is 5.02 Å². The van der Waals surface area contributed by atoms with Gasteiger partial charge >= 0.3 is 0 Å². The van der Waals surface area contributed by atoms with Crippen molar-refractivity contribution < 1.29 is 14.3 Å². The quantitative estimate of drug-likeness (QED) is 0.291. The second-order valence-electron chi connectivity index (χ2n) is 8.04. The molecule has 0 bridgehead atoms. The van der Waals surface area contributed by atoms with E-state index in [4.69, 9.17) is 26.1 Å². The van der Waals surface area contributed by atoms with Gasteiger partial charge in [0.25, 0.3) is 5.91 Å². The van der Waals surface area contributed by atoms with Gasteiger partial charge in [-0.15, -0.1) is 11.3 Å². The Hall–Kier alpha value is -2.23. The smallest absolute Gasteiger partial charge is 0.271 e. The first-order valence-corrected chi connectivity index (χ1v) is 13.5. The molecule has 0 radical (unpaired) electrons. The Kier molecular flexibility index (Phi) is 7.32. The summed E-state index contributed by atoms with van der Waals surface area (Å²) in [6.07, 6.45) is 0.836. The van der Waals surface area contributed by atoms with Crippen molar-refractivity contribution in [3.63, 3.8) is 0 Å². The molecule has 1 aliphatic rings. The Morgan fingerprint density at radius 2 is 1.94 bits per heavy atom. The van der Waals surface area contributed by atoms with Crippen molar-refractivity contribution in [3.8, 4) is 5.75 Å². The number of benzene rings is 2. The van der Waals surface area contributed by atoms with Gasteiger partial charge in [-0.2, -0.15) is 0 Å². The van der Waals surface area contributed by atoms with E-state index in [1.807, 2.05) is 49.4 Å². The highest BCUT2D eigenvalue weighted by Gasteiger charge is 2.26. The minimum absolute atomic E-state index is 0.106. The third-order valence-corrected chi connectivity index (χ3v) is 8.54. The molecular formula is C25H26ClN3O3S2. The van der Waals surface area contributed by atoms with E-state index in [1.165, 1.54) is 22.7 Å². The second kappa shape index (κ2) is 10.6. The van der Waals surface area contributed by atoms with E-state index in [1.54, 1.807) is 4.90 Å². The molecule has 0 aliphatic carbocycles. The number of hydrogen-bond donors (Lipinski definition) is 0. The molecule has 0 unspecified atom stereocenters. The molecule has 0 saturated carbocycles. The number of anilines is 1. The number of para-hydroxylation sites is 1. The summed E-state index contributed by atoms with van der Waals surface area (Å²) in [5, 5.41) is 2.09. The molecule has 1 amide bonds. The van der Waals surface area contributed by atoms with Crippen LogP contribution in [0.25, 0.3) is 20.3 Å². The summed E-state index contributed by atoms with van der Waals surface area (Å²) < 4.78 is 13.2. The zero-order valence-electron chi connectivity index (χ0n) is 19.0. The van der Waals surface area contributed by atoms with Crippen molar-refractivity contribution in [1.82, 2.24) is 9.88 Å². The highest BCUT2D eigenvalue weighted by molar-refractivity contribution is 7.23. The van der Waals surface area contributed by atoms with Crippen LogP contribution < -0.4 is 9.64 Å². The van der Waals surface area contributed by atoms with E-state index in [9.17, 15) is 4.79 Å². The Balaban J connectivity index is 1.47. The number of hydrogen-bond acceptors (Lipinski definition) is 7. The van der Waals surface area contributed by atoms with Crippen LogP contribution in [-0.4, -0.2) is 61.8 Å². The Morgan fingerprint density at radius 1 is 1.15 bits per heavy atom. The van der Waals surface area contributed by atoms with E-state index < -0.39 is 0 Å². The number of amides is 1. The van der Waals surface area contributed by atoms with Crippen LogP contribution in [0.4, 0.5) is 5.13 Å². The first-order valence-electron chi connectivity index (χ1n) is 11.5. The summed E-state index contributed by atoms with van der Waals surface area (Å²) in [4.78, 5) is 23.4. The Morgan fingerprint density at radius 3 is 2.74 bits per heavy atom. The largest absolute Gasteiger partial charge is 0.492 e.